The Kier molecular flexibility index (Phi) is 7.28. The number of hydrogen-bond donors (Lipinski definition) is 1. The summed E-state index contributed by atoms with van der Waals surface area (Å²) in [5.41, 5.74) is 1.44. The van der Waals surface area contributed by atoms with Crippen molar-refractivity contribution < 1.29 is 14.7 Å². The van der Waals surface area contributed by atoms with Crippen molar-refractivity contribution in [3.63, 3.8) is 0 Å². The van der Waals surface area contributed by atoms with Gasteiger partial charge in [-0.05, 0) is 48.6 Å². The molecule has 3 nitrogen and oxygen atoms in total. The van der Waals surface area contributed by atoms with Gasteiger partial charge in [0.2, 0.25) is 0 Å². The first-order chi connectivity index (χ1) is 13.9. The van der Waals surface area contributed by atoms with E-state index < -0.39 is 5.97 Å². The van der Waals surface area contributed by atoms with Crippen molar-refractivity contribution in [1.29, 1.82) is 0 Å². The molecule has 0 saturated heterocycles. The van der Waals surface area contributed by atoms with Crippen molar-refractivity contribution >= 4 is 23.1 Å². The molecule has 1 saturated carbocycles. The van der Waals surface area contributed by atoms with Crippen molar-refractivity contribution in [2.75, 3.05) is 0 Å². The van der Waals surface area contributed by atoms with Gasteiger partial charge in [0.25, 0.3) is 0 Å². The predicted octanol–water partition coefficient (Wildman–Crippen LogP) is 7.03. The molecule has 1 aromatic carbocycles. The Morgan fingerprint density at radius 3 is 2.34 bits per heavy atom. The third-order valence-electron chi connectivity index (χ3n) is 6.36. The maximum Gasteiger partial charge on any atom is 0.336 e. The van der Waals surface area contributed by atoms with E-state index in [9.17, 15) is 14.7 Å². The third-order valence-corrected chi connectivity index (χ3v) is 7.68. The predicted molar refractivity (Wildman–Crippen MR) is 120 cm³/mol. The number of carbonyl (C=O) groups is 2. The van der Waals surface area contributed by atoms with Crippen LogP contribution in [-0.4, -0.2) is 16.9 Å². The zero-order valence-electron chi connectivity index (χ0n) is 17.7. The number of aromatic carboxylic acids is 1. The minimum atomic E-state index is -0.878. The van der Waals surface area contributed by atoms with Gasteiger partial charge < -0.3 is 5.11 Å². The van der Waals surface area contributed by atoms with Crippen LogP contribution in [0.15, 0.2) is 36.4 Å². The van der Waals surface area contributed by atoms with Crippen LogP contribution < -0.4 is 0 Å². The molecule has 1 unspecified atom stereocenters. The number of carbonyl (C=O) groups excluding carboxylic acids is 1. The van der Waals surface area contributed by atoms with Gasteiger partial charge >= 0.3 is 5.97 Å². The van der Waals surface area contributed by atoms with E-state index in [4.69, 9.17) is 0 Å². The maximum absolute atomic E-state index is 12.8. The van der Waals surface area contributed by atoms with Gasteiger partial charge in [-0.25, -0.2) is 4.79 Å². The van der Waals surface area contributed by atoms with Crippen LogP contribution >= 0.6 is 11.3 Å². The molecular weight excluding hydrogens is 380 g/mol. The molecule has 29 heavy (non-hydrogen) atoms. The second-order valence-electron chi connectivity index (χ2n) is 8.87. The van der Waals surface area contributed by atoms with Gasteiger partial charge in [0, 0.05) is 22.1 Å². The lowest BCUT2D eigenvalue weighted by molar-refractivity contribution is -0.124. The van der Waals surface area contributed by atoms with E-state index in [1.165, 1.54) is 0 Å². The summed E-state index contributed by atoms with van der Waals surface area (Å²) in [5.74, 6) is 0.824. The highest BCUT2D eigenvalue weighted by atomic mass is 32.1. The van der Waals surface area contributed by atoms with Crippen LogP contribution in [0.3, 0.4) is 0 Å². The summed E-state index contributed by atoms with van der Waals surface area (Å²) in [4.78, 5) is 26.6. The second-order valence-corrected chi connectivity index (χ2v) is 9.96. The summed E-state index contributed by atoms with van der Waals surface area (Å²) in [5, 5.41) is 9.80. The van der Waals surface area contributed by atoms with Crippen molar-refractivity contribution in [3.8, 4) is 10.4 Å². The fourth-order valence-corrected chi connectivity index (χ4v) is 5.91. The number of carboxylic acids is 1. The van der Waals surface area contributed by atoms with E-state index in [0.717, 1.165) is 53.3 Å². The number of thiophene rings is 1. The van der Waals surface area contributed by atoms with Gasteiger partial charge in [-0.2, -0.15) is 0 Å². The van der Waals surface area contributed by atoms with Crippen LogP contribution in [0.1, 0.15) is 80.4 Å². The highest BCUT2D eigenvalue weighted by Gasteiger charge is 2.29. The van der Waals surface area contributed by atoms with Gasteiger partial charge in [0.15, 0.2) is 0 Å². The number of carboxylic acid groups (broad SMARTS) is 1. The highest BCUT2D eigenvalue weighted by Crippen LogP contribution is 2.41. The first kappa shape index (κ1) is 21.8. The minimum Gasteiger partial charge on any atom is -0.478 e. The van der Waals surface area contributed by atoms with Gasteiger partial charge in [-0.1, -0.05) is 63.9 Å². The van der Waals surface area contributed by atoms with Gasteiger partial charge in [0.05, 0.1) is 5.56 Å². The van der Waals surface area contributed by atoms with E-state index in [1.54, 1.807) is 17.4 Å². The van der Waals surface area contributed by atoms with Crippen molar-refractivity contribution in [2.45, 2.75) is 65.2 Å². The molecule has 4 heteroatoms. The van der Waals surface area contributed by atoms with Crippen LogP contribution in [0.5, 0.6) is 0 Å². The molecule has 2 aromatic rings. The fourth-order valence-electron chi connectivity index (χ4n) is 4.44. The zero-order valence-corrected chi connectivity index (χ0v) is 18.5. The molecule has 1 fully saturated rings. The number of hydrogen-bond acceptors (Lipinski definition) is 3. The molecule has 1 atom stereocenters. The minimum absolute atomic E-state index is 0.0926. The second kappa shape index (κ2) is 9.71. The number of rotatable bonds is 8. The van der Waals surface area contributed by atoms with Crippen LogP contribution in [0.25, 0.3) is 10.4 Å². The average Bonchev–Trinajstić information content (AvgIpc) is 3.14. The monoisotopic (exact) mass is 412 g/mol. The van der Waals surface area contributed by atoms with Crippen molar-refractivity contribution in [2.24, 2.45) is 17.8 Å². The molecule has 1 aromatic heterocycles. The lowest BCUT2D eigenvalue weighted by atomic mass is 9.78. The Balaban J connectivity index is 1.78. The molecule has 0 bridgehead atoms. The summed E-state index contributed by atoms with van der Waals surface area (Å²) in [6.07, 6.45) is 5.63. The lowest BCUT2D eigenvalue weighted by Crippen LogP contribution is -2.21. The Morgan fingerprint density at radius 2 is 1.76 bits per heavy atom. The first-order valence-electron chi connectivity index (χ1n) is 10.8. The molecule has 1 heterocycles. The summed E-state index contributed by atoms with van der Waals surface area (Å²) in [6, 6.07) is 11.7. The normalized spacial score (nSPS) is 20.6. The number of benzene rings is 1. The summed E-state index contributed by atoms with van der Waals surface area (Å²) >= 11 is 1.57. The molecule has 1 aliphatic rings. The van der Waals surface area contributed by atoms with Crippen LogP contribution in [-0.2, 0) is 4.79 Å². The van der Waals surface area contributed by atoms with E-state index in [0.29, 0.717) is 17.8 Å². The molecule has 0 amide bonds. The molecule has 0 spiro atoms. The van der Waals surface area contributed by atoms with E-state index >= 15 is 0 Å². The zero-order chi connectivity index (χ0) is 21.0. The number of Topliss-reactive ketones (excluding diaryl/α,β-unsaturated/α-hetero) is 1. The molecule has 1 N–H and O–H groups in total. The lowest BCUT2D eigenvalue weighted by Gasteiger charge is -2.26. The fraction of sp³-hybridized carbons (Fsp3) is 0.520. The van der Waals surface area contributed by atoms with Crippen molar-refractivity contribution in [1.82, 2.24) is 0 Å². The summed E-state index contributed by atoms with van der Waals surface area (Å²) < 4.78 is 0. The van der Waals surface area contributed by atoms with Crippen LogP contribution in [0, 0.1) is 17.8 Å². The molecule has 156 valence electrons. The molecule has 0 radical (unpaired) electrons. The SMILES string of the molecule is CC1CCC(C(=O)CCC(c2sc(-c3ccccc3)cc2C(=O)O)C(C)C)CC1. The van der Waals surface area contributed by atoms with Crippen LogP contribution in [0.4, 0.5) is 0 Å². The van der Waals surface area contributed by atoms with Crippen LogP contribution in [0.2, 0.25) is 0 Å². The smallest absolute Gasteiger partial charge is 0.336 e. The molecular formula is C25H32O3S. The third kappa shape index (κ3) is 5.36. The van der Waals surface area contributed by atoms with Gasteiger partial charge in [-0.15, -0.1) is 11.3 Å². The summed E-state index contributed by atoms with van der Waals surface area (Å²) in [6.45, 7) is 6.53. The number of ketones is 1. The average molecular weight is 413 g/mol. The largest absolute Gasteiger partial charge is 0.478 e. The van der Waals surface area contributed by atoms with E-state index in [-0.39, 0.29) is 17.8 Å². The van der Waals surface area contributed by atoms with E-state index in [1.807, 2.05) is 30.3 Å². The Hall–Kier alpha value is -1.94. The molecule has 3 rings (SSSR count). The van der Waals surface area contributed by atoms with Crippen molar-refractivity contribution in [3.05, 3.63) is 46.8 Å². The maximum atomic E-state index is 12.8. The Labute approximate surface area is 178 Å². The summed E-state index contributed by atoms with van der Waals surface area (Å²) in [7, 11) is 0. The van der Waals surface area contributed by atoms with Gasteiger partial charge in [0.1, 0.15) is 5.78 Å². The quantitative estimate of drug-likeness (QED) is 0.506. The van der Waals surface area contributed by atoms with Gasteiger partial charge in [-0.3, -0.25) is 4.79 Å². The molecule has 0 aliphatic heterocycles. The molecule has 1 aliphatic carbocycles. The standard InChI is InChI=1S/C25H32O3S/c1-16(2)20(13-14-22(26)18-11-9-17(3)10-12-18)24-21(25(27)28)15-23(29-24)19-7-5-4-6-8-19/h4-8,15-18,20H,9-14H2,1-3H3,(H,27,28). The first-order valence-corrected chi connectivity index (χ1v) is 11.6. The highest BCUT2D eigenvalue weighted by molar-refractivity contribution is 7.16. The Morgan fingerprint density at radius 1 is 1.10 bits per heavy atom. The topological polar surface area (TPSA) is 54.4 Å². The van der Waals surface area contributed by atoms with E-state index in [2.05, 4.69) is 20.8 Å². The Bertz CT molecular complexity index is 829.